The van der Waals surface area contributed by atoms with Crippen molar-refractivity contribution in [2.24, 2.45) is 0 Å². The number of anilines is 1. The Labute approximate surface area is 225 Å². The van der Waals surface area contributed by atoms with Crippen LogP contribution in [0.5, 0.6) is 5.75 Å². The predicted molar refractivity (Wildman–Crippen MR) is 146 cm³/mol. The fraction of sp³-hybridized carbons (Fsp3) is 0.517. The number of aromatic hydroxyl groups is 1. The van der Waals surface area contributed by atoms with E-state index in [-0.39, 0.29) is 30.8 Å². The number of urea groups is 1. The van der Waals surface area contributed by atoms with Crippen molar-refractivity contribution in [1.29, 1.82) is 0 Å². The Bertz CT molecular complexity index is 1050. The summed E-state index contributed by atoms with van der Waals surface area (Å²) in [6.07, 6.45) is 6.44. The number of aliphatic hydroxyl groups is 2. The Morgan fingerprint density at radius 1 is 1.00 bits per heavy atom. The van der Waals surface area contributed by atoms with Gasteiger partial charge in [0.25, 0.3) is 0 Å². The lowest BCUT2D eigenvalue weighted by molar-refractivity contribution is -0.123. The van der Waals surface area contributed by atoms with Gasteiger partial charge in [0.1, 0.15) is 12.3 Å². The molecule has 9 heteroatoms. The van der Waals surface area contributed by atoms with E-state index in [2.05, 4.69) is 5.32 Å². The molecule has 1 saturated heterocycles. The molecule has 1 aliphatic heterocycles. The maximum Gasteiger partial charge on any atom is 0.331 e. The molecule has 3 rings (SSSR count). The molecule has 9 nitrogen and oxygen atoms in total. The number of rotatable bonds is 17. The highest BCUT2D eigenvalue weighted by Gasteiger charge is 2.33. The number of hydrogen-bond acceptors (Lipinski definition) is 7. The van der Waals surface area contributed by atoms with Crippen LogP contribution in [0.2, 0.25) is 0 Å². The number of aliphatic hydroxyl groups excluding tert-OH is 2. The van der Waals surface area contributed by atoms with Gasteiger partial charge in [0.05, 0.1) is 12.7 Å². The second-order valence-electron chi connectivity index (χ2n) is 9.74. The molecule has 0 aromatic heterocycles. The van der Waals surface area contributed by atoms with E-state index in [1.165, 1.54) is 18.0 Å². The smallest absolute Gasteiger partial charge is 0.331 e. The quantitative estimate of drug-likeness (QED) is 0.183. The summed E-state index contributed by atoms with van der Waals surface area (Å²) in [6, 6.07) is 12.3. The number of carbonyl (C=O) groups excluding carboxylic acids is 2. The molecular weight excluding hydrogens is 486 g/mol. The van der Waals surface area contributed by atoms with E-state index in [0.717, 1.165) is 80.9 Å². The first-order valence-corrected chi connectivity index (χ1v) is 13.5. The number of likely N-dealkylation sites (N-methyl/N-ethyl adjacent to an activating group) is 1. The third-order valence-corrected chi connectivity index (χ3v) is 6.80. The number of ether oxygens (including phenoxy) is 1. The van der Waals surface area contributed by atoms with Crippen molar-refractivity contribution in [3.05, 3.63) is 59.2 Å². The molecule has 208 valence electrons. The van der Waals surface area contributed by atoms with Gasteiger partial charge in [-0.2, -0.15) is 0 Å². The molecule has 1 atom stereocenters. The van der Waals surface area contributed by atoms with Gasteiger partial charge in [0.2, 0.25) is 5.91 Å². The zero-order chi connectivity index (χ0) is 27.3. The number of amides is 3. The summed E-state index contributed by atoms with van der Waals surface area (Å²) in [5, 5.41) is 32.4. The maximum atomic E-state index is 12.2. The van der Waals surface area contributed by atoms with E-state index < -0.39 is 6.10 Å². The third kappa shape index (κ3) is 8.80. The lowest BCUT2D eigenvalue weighted by atomic mass is 10.1. The number of nitrogens with zero attached hydrogens (tertiary/aromatic N) is 2. The lowest BCUT2D eigenvalue weighted by Crippen LogP contribution is -2.29. The molecule has 38 heavy (non-hydrogen) atoms. The van der Waals surface area contributed by atoms with Gasteiger partial charge in [-0.05, 0) is 74.0 Å². The van der Waals surface area contributed by atoms with Crippen LogP contribution < -0.4 is 10.2 Å². The Hall–Kier alpha value is -2.98. The summed E-state index contributed by atoms with van der Waals surface area (Å²) in [5.74, 6) is -0.151. The molecule has 0 saturated carbocycles. The topological polar surface area (TPSA) is 123 Å². The molecule has 0 aliphatic carbocycles. The SMILES string of the molecule is CN1C(=O)CN(c2cccc(CCCCOCCCCCCNC[C@@H](O)c3ccc(O)c(CO)c3)c2)C1=O. The zero-order valence-electron chi connectivity index (χ0n) is 22.3. The van der Waals surface area contributed by atoms with Gasteiger partial charge in [-0.1, -0.05) is 31.0 Å². The average Bonchev–Trinajstić information content (AvgIpc) is 3.18. The first-order valence-electron chi connectivity index (χ1n) is 13.5. The summed E-state index contributed by atoms with van der Waals surface area (Å²) >= 11 is 0. The maximum absolute atomic E-state index is 12.2. The molecule has 4 N–H and O–H groups in total. The number of phenols is 1. The standard InChI is InChI=1S/C29H41N3O6/c1-31-28(36)20-32(29(31)37)25-11-8-10-22(17-25)9-4-7-16-38-15-6-3-2-5-14-30-19-27(35)23-12-13-26(34)24(18-23)21-33/h8,10-13,17-18,27,30,33-35H,2-7,9,14-16,19-21H2,1H3/t27-/m1/s1. The van der Waals surface area contributed by atoms with Crippen molar-refractivity contribution in [2.45, 2.75) is 57.7 Å². The third-order valence-electron chi connectivity index (χ3n) is 6.80. The van der Waals surface area contributed by atoms with E-state index in [1.54, 1.807) is 12.1 Å². The Balaban J connectivity index is 1.17. The zero-order valence-corrected chi connectivity index (χ0v) is 22.3. The fourth-order valence-electron chi connectivity index (χ4n) is 4.42. The summed E-state index contributed by atoms with van der Waals surface area (Å²) in [6.45, 7) is 2.58. The van der Waals surface area contributed by atoms with Crippen LogP contribution in [0.4, 0.5) is 10.5 Å². The highest BCUT2D eigenvalue weighted by Crippen LogP contribution is 2.23. The normalized spacial score (nSPS) is 14.5. The highest BCUT2D eigenvalue weighted by atomic mass is 16.5. The molecule has 2 aromatic rings. The number of nitrogens with one attached hydrogen (secondary N) is 1. The van der Waals surface area contributed by atoms with Gasteiger partial charge in [0, 0.05) is 38.1 Å². The number of benzene rings is 2. The van der Waals surface area contributed by atoms with E-state index in [4.69, 9.17) is 4.74 Å². The summed E-state index contributed by atoms with van der Waals surface area (Å²) in [5.41, 5.74) is 3.01. The molecule has 1 fully saturated rings. The molecule has 3 amide bonds. The number of hydrogen-bond donors (Lipinski definition) is 4. The van der Waals surface area contributed by atoms with Crippen molar-refractivity contribution < 1.29 is 29.6 Å². The van der Waals surface area contributed by atoms with Crippen molar-refractivity contribution in [1.82, 2.24) is 10.2 Å². The Morgan fingerprint density at radius 3 is 2.50 bits per heavy atom. The van der Waals surface area contributed by atoms with Gasteiger partial charge >= 0.3 is 6.03 Å². The van der Waals surface area contributed by atoms with Crippen molar-refractivity contribution in [3.8, 4) is 5.75 Å². The number of unbranched alkanes of at least 4 members (excludes halogenated alkanes) is 4. The van der Waals surface area contributed by atoms with Crippen molar-refractivity contribution >= 4 is 17.6 Å². The van der Waals surface area contributed by atoms with Crippen LogP contribution in [0.1, 0.15) is 61.3 Å². The molecule has 0 spiro atoms. The van der Waals surface area contributed by atoms with Crippen LogP contribution in [-0.4, -0.2) is 72.1 Å². The van der Waals surface area contributed by atoms with E-state index in [0.29, 0.717) is 17.7 Å². The minimum absolute atomic E-state index is 0.0348. The number of carbonyl (C=O) groups is 2. The largest absolute Gasteiger partial charge is 0.508 e. The molecular formula is C29H41N3O6. The monoisotopic (exact) mass is 527 g/mol. The number of imide groups is 1. The van der Waals surface area contributed by atoms with Gasteiger partial charge in [-0.25, -0.2) is 4.79 Å². The van der Waals surface area contributed by atoms with E-state index in [9.17, 15) is 24.9 Å². The minimum Gasteiger partial charge on any atom is -0.508 e. The highest BCUT2D eigenvalue weighted by molar-refractivity contribution is 6.11. The van der Waals surface area contributed by atoms with Crippen LogP contribution >= 0.6 is 0 Å². The van der Waals surface area contributed by atoms with Crippen LogP contribution in [0.25, 0.3) is 0 Å². The summed E-state index contributed by atoms with van der Waals surface area (Å²) in [7, 11) is 1.51. The molecule has 0 radical (unpaired) electrons. The molecule has 1 heterocycles. The fourth-order valence-corrected chi connectivity index (χ4v) is 4.42. The molecule has 0 unspecified atom stereocenters. The van der Waals surface area contributed by atoms with Crippen LogP contribution in [0, 0.1) is 0 Å². The Morgan fingerprint density at radius 2 is 1.76 bits per heavy atom. The lowest BCUT2D eigenvalue weighted by Gasteiger charge is -2.15. The molecule has 2 aromatic carbocycles. The second kappa shape index (κ2) is 15.4. The van der Waals surface area contributed by atoms with Crippen molar-refractivity contribution in [3.63, 3.8) is 0 Å². The molecule has 1 aliphatic rings. The first-order chi connectivity index (χ1) is 18.4. The first kappa shape index (κ1) is 29.6. The van der Waals surface area contributed by atoms with Crippen molar-refractivity contribution in [2.75, 3.05) is 44.8 Å². The van der Waals surface area contributed by atoms with Crippen LogP contribution in [0.3, 0.4) is 0 Å². The van der Waals surface area contributed by atoms with Crippen LogP contribution in [0.15, 0.2) is 42.5 Å². The Kier molecular flexibility index (Phi) is 12.0. The van der Waals surface area contributed by atoms with Gasteiger partial charge in [0.15, 0.2) is 0 Å². The summed E-state index contributed by atoms with van der Waals surface area (Å²) < 4.78 is 5.77. The van der Waals surface area contributed by atoms with Gasteiger partial charge < -0.3 is 25.4 Å². The van der Waals surface area contributed by atoms with Gasteiger partial charge in [-0.15, -0.1) is 0 Å². The molecule has 0 bridgehead atoms. The van der Waals surface area contributed by atoms with Gasteiger partial charge in [-0.3, -0.25) is 14.6 Å². The van der Waals surface area contributed by atoms with E-state index in [1.807, 2.05) is 24.3 Å². The number of aryl methyl sites for hydroxylation is 1. The average molecular weight is 528 g/mol. The minimum atomic E-state index is -0.680. The second-order valence-corrected chi connectivity index (χ2v) is 9.74. The van der Waals surface area contributed by atoms with E-state index >= 15 is 0 Å². The summed E-state index contributed by atoms with van der Waals surface area (Å²) in [4.78, 5) is 26.6. The predicted octanol–water partition coefficient (Wildman–Crippen LogP) is 3.51. The van der Waals surface area contributed by atoms with Crippen LogP contribution in [-0.2, 0) is 22.6 Å².